The molecule has 4 heterocycles. The monoisotopic (exact) mass is 425 g/mol. The number of halogens is 2. The van der Waals surface area contributed by atoms with Crippen LogP contribution in [0.4, 0.5) is 20.3 Å². The molecule has 31 heavy (non-hydrogen) atoms. The van der Waals surface area contributed by atoms with Crippen molar-refractivity contribution in [3.8, 4) is 0 Å². The summed E-state index contributed by atoms with van der Waals surface area (Å²) in [6.45, 7) is 9.28. The molecule has 162 valence electrons. The number of imidazole rings is 1. The minimum Gasteiger partial charge on any atom is -0.368 e. The summed E-state index contributed by atoms with van der Waals surface area (Å²) < 4.78 is 31.4. The van der Waals surface area contributed by atoms with Crippen LogP contribution in [0.25, 0.3) is 17.1 Å². The number of anilines is 2. The second-order valence-electron chi connectivity index (χ2n) is 8.34. The van der Waals surface area contributed by atoms with Crippen LogP contribution in [0.15, 0.2) is 36.7 Å². The summed E-state index contributed by atoms with van der Waals surface area (Å²) in [5, 5.41) is 14.1. The summed E-state index contributed by atoms with van der Waals surface area (Å²) in [5.41, 5.74) is 2.74. The van der Waals surface area contributed by atoms with Crippen molar-refractivity contribution in [3.63, 3.8) is 0 Å². The van der Waals surface area contributed by atoms with Crippen molar-refractivity contribution >= 4 is 28.6 Å². The molecule has 1 saturated heterocycles. The van der Waals surface area contributed by atoms with Gasteiger partial charge in [-0.15, -0.1) is 6.58 Å². The third-order valence-corrected chi connectivity index (χ3v) is 5.79. The van der Waals surface area contributed by atoms with E-state index in [1.807, 2.05) is 19.1 Å². The summed E-state index contributed by atoms with van der Waals surface area (Å²) >= 11 is 0. The van der Waals surface area contributed by atoms with Gasteiger partial charge in [-0.2, -0.15) is 5.10 Å². The predicted octanol–water partition coefficient (Wildman–Crippen LogP) is 3.88. The van der Waals surface area contributed by atoms with Gasteiger partial charge in [-0.1, -0.05) is 6.08 Å². The number of hydrogen-bond acceptors (Lipinski definition) is 5. The number of H-pyrrole nitrogens is 1. The maximum atomic E-state index is 15.2. The first-order valence-corrected chi connectivity index (χ1v) is 10.4. The number of rotatable bonds is 4. The van der Waals surface area contributed by atoms with Gasteiger partial charge < -0.3 is 20.1 Å². The third kappa shape index (κ3) is 3.59. The Morgan fingerprint density at radius 1 is 1.32 bits per heavy atom. The van der Waals surface area contributed by atoms with Crippen LogP contribution in [0, 0.1) is 12.7 Å². The summed E-state index contributed by atoms with van der Waals surface area (Å²) in [5.74, 6) is 0.349. The molecule has 2 aliphatic rings. The Bertz CT molecular complexity index is 1180. The first-order chi connectivity index (χ1) is 14.9. The molecule has 9 heteroatoms. The highest BCUT2D eigenvalue weighted by Crippen LogP contribution is 2.34. The van der Waals surface area contributed by atoms with E-state index in [1.165, 1.54) is 6.07 Å². The van der Waals surface area contributed by atoms with Crippen molar-refractivity contribution in [2.24, 2.45) is 0 Å². The SMILES string of the molecule is C=C[C@H]1CN(c2cc(F)c3c(NC4=Cn5cc(C)nc5C(F)C4)n[nH]c3c2)C[C@H](C)N1. The quantitative estimate of drug-likeness (QED) is 0.553. The molecule has 1 fully saturated rings. The summed E-state index contributed by atoms with van der Waals surface area (Å²) in [6.07, 6.45) is 4.32. The molecule has 0 spiro atoms. The van der Waals surface area contributed by atoms with Crippen LogP contribution in [0.2, 0.25) is 0 Å². The molecule has 0 bridgehead atoms. The Morgan fingerprint density at radius 2 is 2.16 bits per heavy atom. The smallest absolute Gasteiger partial charge is 0.163 e. The number of nitrogens with zero attached hydrogens (tertiary/aromatic N) is 4. The van der Waals surface area contributed by atoms with Crippen LogP contribution in [-0.2, 0) is 0 Å². The van der Waals surface area contributed by atoms with Gasteiger partial charge in [-0.3, -0.25) is 5.10 Å². The summed E-state index contributed by atoms with van der Waals surface area (Å²) in [6, 6.07) is 3.84. The maximum Gasteiger partial charge on any atom is 0.163 e. The standard InChI is InChI=1S/C22H25F2N7/c1-4-14-10-30(8-12(2)25-14)16-6-17(23)20-19(7-16)28-29-21(20)27-15-5-18(24)22-26-13(3)9-31(22)11-15/h4,6-7,9,11-12,14,18,25H,1,5,8,10H2,2-3H3,(H2,27,28,29)/t12-,14-,18?/m0/s1. The first-order valence-electron chi connectivity index (χ1n) is 10.4. The van der Waals surface area contributed by atoms with E-state index in [0.29, 0.717) is 28.2 Å². The Morgan fingerprint density at radius 3 is 2.97 bits per heavy atom. The highest BCUT2D eigenvalue weighted by molar-refractivity contribution is 5.93. The van der Waals surface area contributed by atoms with Crippen molar-refractivity contribution in [3.05, 3.63) is 54.0 Å². The number of aromatic nitrogens is 4. The lowest BCUT2D eigenvalue weighted by molar-refractivity contribution is 0.318. The van der Waals surface area contributed by atoms with Crippen molar-refractivity contribution in [1.82, 2.24) is 25.1 Å². The number of nitrogens with one attached hydrogen (secondary N) is 3. The zero-order valence-electron chi connectivity index (χ0n) is 17.5. The Kier molecular flexibility index (Phi) is 4.77. The van der Waals surface area contributed by atoms with Gasteiger partial charge >= 0.3 is 0 Å². The molecule has 3 aromatic rings. The van der Waals surface area contributed by atoms with Crippen LogP contribution in [0.5, 0.6) is 0 Å². The Balaban J connectivity index is 1.44. The van der Waals surface area contributed by atoms with Gasteiger partial charge in [0.1, 0.15) is 11.6 Å². The first kappa shape index (κ1) is 19.7. The fourth-order valence-corrected chi connectivity index (χ4v) is 4.44. The lowest BCUT2D eigenvalue weighted by Crippen LogP contribution is -2.54. The van der Waals surface area contributed by atoms with Gasteiger partial charge in [0, 0.05) is 55.4 Å². The number of fused-ring (bicyclic) bond motifs is 2. The summed E-state index contributed by atoms with van der Waals surface area (Å²) in [4.78, 5) is 6.36. The largest absolute Gasteiger partial charge is 0.368 e. The highest BCUT2D eigenvalue weighted by Gasteiger charge is 2.26. The second-order valence-corrected chi connectivity index (χ2v) is 8.34. The molecular formula is C22H25F2N7. The molecule has 5 rings (SSSR count). The fourth-order valence-electron chi connectivity index (χ4n) is 4.44. The zero-order chi connectivity index (χ0) is 21.7. The van der Waals surface area contributed by atoms with Gasteiger partial charge in [-0.25, -0.2) is 13.8 Å². The van der Waals surface area contributed by atoms with Crippen molar-refractivity contribution in [2.45, 2.75) is 38.5 Å². The third-order valence-electron chi connectivity index (χ3n) is 5.79. The number of allylic oxidation sites excluding steroid dienone is 1. The topological polar surface area (TPSA) is 73.8 Å². The van der Waals surface area contributed by atoms with E-state index in [0.717, 1.165) is 24.5 Å². The maximum absolute atomic E-state index is 15.2. The van der Waals surface area contributed by atoms with E-state index >= 15 is 4.39 Å². The van der Waals surface area contributed by atoms with Crippen molar-refractivity contribution in [1.29, 1.82) is 0 Å². The lowest BCUT2D eigenvalue weighted by atomic mass is 10.1. The second kappa shape index (κ2) is 7.49. The van der Waals surface area contributed by atoms with E-state index in [9.17, 15) is 4.39 Å². The van der Waals surface area contributed by atoms with Gasteiger partial charge in [0.15, 0.2) is 12.0 Å². The van der Waals surface area contributed by atoms with E-state index in [1.54, 1.807) is 17.0 Å². The molecule has 2 aromatic heterocycles. The molecule has 0 amide bonds. The molecule has 0 saturated carbocycles. The zero-order valence-corrected chi connectivity index (χ0v) is 17.5. The van der Waals surface area contributed by atoms with Crippen LogP contribution < -0.4 is 15.5 Å². The lowest BCUT2D eigenvalue weighted by Gasteiger charge is -2.38. The molecule has 1 aromatic carbocycles. The minimum atomic E-state index is -1.23. The number of alkyl halides is 1. The van der Waals surface area contributed by atoms with E-state index in [4.69, 9.17) is 0 Å². The highest BCUT2D eigenvalue weighted by atomic mass is 19.1. The van der Waals surface area contributed by atoms with Crippen LogP contribution >= 0.6 is 0 Å². The normalized spacial score (nSPS) is 23.5. The molecule has 0 aliphatic carbocycles. The fraction of sp³-hybridized carbons (Fsp3) is 0.364. The molecule has 3 N–H and O–H groups in total. The molecule has 7 nitrogen and oxygen atoms in total. The molecular weight excluding hydrogens is 400 g/mol. The molecule has 1 unspecified atom stereocenters. The van der Waals surface area contributed by atoms with Crippen LogP contribution in [-0.4, -0.2) is 44.9 Å². The van der Waals surface area contributed by atoms with Crippen LogP contribution in [0.1, 0.15) is 31.0 Å². The van der Waals surface area contributed by atoms with Crippen molar-refractivity contribution in [2.75, 3.05) is 23.3 Å². The van der Waals surface area contributed by atoms with E-state index < -0.39 is 6.17 Å². The van der Waals surface area contributed by atoms with Crippen LogP contribution in [0.3, 0.4) is 0 Å². The van der Waals surface area contributed by atoms with Gasteiger partial charge in [0.25, 0.3) is 0 Å². The Labute approximate surface area is 178 Å². The van der Waals surface area contributed by atoms with Gasteiger partial charge in [0.2, 0.25) is 0 Å². The number of hydrogen-bond donors (Lipinski definition) is 3. The number of benzene rings is 1. The number of piperazine rings is 1. The molecule has 3 atom stereocenters. The van der Waals surface area contributed by atoms with E-state index in [2.05, 4.69) is 44.2 Å². The number of aryl methyl sites for hydroxylation is 1. The number of aromatic amines is 1. The van der Waals surface area contributed by atoms with E-state index in [-0.39, 0.29) is 24.3 Å². The average molecular weight is 425 g/mol. The Hall–Kier alpha value is -3.20. The summed E-state index contributed by atoms with van der Waals surface area (Å²) in [7, 11) is 0. The van der Waals surface area contributed by atoms with Gasteiger partial charge in [0.05, 0.1) is 16.6 Å². The van der Waals surface area contributed by atoms with Gasteiger partial charge in [-0.05, 0) is 26.0 Å². The molecule has 2 aliphatic heterocycles. The minimum absolute atomic E-state index is 0.131. The molecule has 0 radical (unpaired) electrons. The predicted molar refractivity (Wildman–Crippen MR) is 118 cm³/mol. The average Bonchev–Trinajstić information content (AvgIpc) is 3.31. The van der Waals surface area contributed by atoms with Crippen molar-refractivity contribution < 1.29 is 8.78 Å².